The summed E-state index contributed by atoms with van der Waals surface area (Å²) in [4.78, 5) is 21.4. The standard InChI is InChI=1S/C15H16NO4P/c17-15(11-13-7-3-1-4-8-13)16-12-21(18,19)20-14-9-5-2-6-10-14/h1-10H,11-12H2,(H,16,17)(H,18,19). The lowest BCUT2D eigenvalue weighted by molar-refractivity contribution is -0.120. The average molecular weight is 305 g/mol. The lowest BCUT2D eigenvalue weighted by Gasteiger charge is -2.14. The second kappa shape index (κ2) is 7.07. The van der Waals surface area contributed by atoms with Gasteiger partial charge in [0.25, 0.3) is 0 Å². The number of para-hydroxylation sites is 1. The highest BCUT2D eigenvalue weighted by Gasteiger charge is 2.21. The molecule has 0 spiro atoms. The van der Waals surface area contributed by atoms with Crippen LogP contribution in [0.1, 0.15) is 5.56 Å². The largest absolute Gasteiger partial charge is 0.423 e. The minimum Gasteiger partial charge on any atom is -0.423 e. The molecule has 6 heteroatoms. The van der Waals surface area contributed by atoms with Crippen molar-refractivity contribution in [2.45, 2.75) is 6.42 Å². The van der Waals surface area contributed by atoms with Crippen LogP contribution in [0, 0.1) is 0 Å². The third kappa shape index (κ3) is 5.42. The lowest BCUT2D eigenvalue weighted by Crippen LogP contribution is -2.27. The van der Waals surface area contributed by atoms with E-state index < -0.39 is 13.9 Å². The third-order valence-electron chi connectivity index (χ3n) is 2.67. The summed E-state index contributed by atoms with van der Waals surface area (Å²) in [6.45, 7) is 0. The highest BCUT2D eigenvalue weighted by molar-refractivity contribution is 7.53. The van der Waals surface area contributed by atoms with Crippen molar-refractivity contribution in [2.75, 3.05) is 6.29 Å². The Morgan fingerprint density at radius 1 is 1.05 bits per heavy atom. The Balaban J connectivity index is 1.84. The molecule has 5 nitrogen and oxygen atoms in total. The normalized spacial score (nSPS) is 13.2. The van der Waals surface area contributed by atoms with Crippen LogP contribution in [0.2, 0.25) is 0 Å². The predicted octanol–water partition coefficient (Wildman–Crippen LogP) is 2.57. The summed E-state index contributed by atoms with van der Waals surface area (Å²) in [5, 5.41) is 2.41. The highest BCUT2D eigenvalue weighted by Crippen LogP contribution is 2.41. The molecule has 0 fully saturated rings. The fourth-order valence-corrected chi connectivity index (χ4v) is 2.60. The van der Waals surface area contributed by atoms with Crippen LogP contribution >= 0.6 is 7.60 Å². The van der Waals surface area contributed by atoms with E-state index in [2.05, 4.69) is 5.32 Å². The van der Waals surface area contributed by atoms with Gasteiger partial charge in [-0.25, -0.2) is 4.57 Å². The van der Waals surface area contributed by atoms with Gasteiger partial charge >= 0.3 is 7.60 Å². The van der Waals surface area contributed by atoms with E-state index in [1.807, 2.05) is 30.3 Å². The first-order valence-corrected chi connectivity index (χ1v) is 8.18. The van der Waals surface area contributed by atoms with Gasteiger partial charge in [0.2, 0.25) is 5.91 Å². The minimum absolute atomic E-state index is 0.159. The number of nitrogens with one attached hydrogen (secondary N) is 1. The summed E-state index contributed by atoms with van der Waals surface area (Å²) in [6, 6.07) is 17.5. The van der Waals surface area contributed by atoms with Crippen molar-refractivity contribution < 1.29 is 18.8 Å². The Labute approximate surface area is 123 Å². The van der Waals surface area contributed by atoms with Crippen molar-refractivity contribution in [1.29, 1.82) is 0 Å². The Bertz CT molecular complexity index is 631. The second-order valence-corrected chi connectivity index (χ2v) is 6.24. The third-order valence-corrected chi connectivity index (χ3v) is 3.73. The van der Waals surface area contributed by atoms with E-state index in [1.54, 1.807) is 30.3 Å². The number of rotatable bonds is 6. The summed E-state index contributed by atoms with van der Waals surface area (Å²) in [5.74, 6) is -0.0345. The van der Waals surface area contributed by atoms with Crippen LogP contribution in [0.3, 0.4) is 0 Å². The summed E-state index contributed by atoms with van der Waals surface area (Å²) in [6.07, 6.45) is -0.264. The topological polar surface area (TPSA) is 75.6 Å². The van der Waals surface area contributed by atoms with E-state index in [0.717, 1.165) is 5.56 Å². The van der Waals surface area contributed by atoms with Crippen molar-refractivity contribution in [1.82, 2.24) is 5.32 Å². The second-order valence-electron chi connectivity index (χ2n) is 4.46. The molecule has 0 saturated heterocycles. The van der Waals surface area contributed by atoms with Gasteiger partial charge < -0.3 is 14.7 Å². The van der Waals surface area contributed by atoms with Gasteiger partial charge in [0, 0.05) is 0 Å². The van der Waals surface area contributed by atoms with Crippen LogP contribution in [0.15, 0.2) is 60.7 Å². The van der Waals surface area contributed by atoms with Crippen molar-refractivity contribution in [3.05, 3.63) is 66.2 Å². The number of benzene rings is 2. The predicted molar refractivity (Wildman–Crippen MR) is 80.1 cm³/mol. The molecule has 1 amide bonds. The maximum atomic E-state index is 11.9. The quantitative estimate of drug-likeness (QED) is 0.804. The maximum absolute atomic E-state index is 11.9. The van der Waals surface area contributed by atoms with Crippen LogP contribution in [0.25, 0.3) is 0 Å². The van der Waals surface area contributed by atoms with Crippen LogP contribution in [-0.4, -0.2) is 17.1 Å². The van der Waals surface area contributed by atoms with Gasteiger partial charge in [0.05, 0.1) is 6.42 Å². The van der Waals surface area contributed by atoms with Crippen LogP contribution < -0.4 is 9.84 Å². The molecule has 0 bridgehead atoms. The van der Waals surface area contributed by atoms with Crippen molar-refractivity contribution in [3.63, 3.8) is 0 Å². The Hall–Kier alpha value is -2.10. The fraction of sp³-hybridized carbons (Fsp3) is 0.133. The minimum atomic E-state index is -3.90. The first-order chi connectivity index (χ1) is 10.1. The number of amides is 1. The molecule has 21 heavy (non-hydrogen) atoms. The van der Waals surface area contributed by atoms with E-state index in [0.29, 0.717) is 5.75 Å². The van der Waals surface area contributed by atoms with Crippen LogP contribution in [0.5, 0.6) is 5.75 Å². The number of carbonyl (C=O) groups excluding carboxylic acids is 1. The summed E-state index contributed by atoms with van der Waals surface area (Å²) in [5.41, 5.74) is 0.840. The van der Waals surface area contributed by atoms with E-state index in [9.17, 15) is 14.3 Å². The van der Waals surface area contributed by atoms with Gasteiger partial charge in [-0.05, 0) is 17.7 Å². The SMILES string of the molecule is O=C(Cc1ccccc1)NCP(=O)(O)Oc1ccccc1. The van der Waals surface area contributed by atoms with Gasteiger partial charge in [-0.2, -0.15) is 0 Å². The van der Waals surface area contributed by atoms with Gasteiger partial charge in [-0.3, -0.25) is 4.79 Å². The summed E-state index contributed by atoms with van der Waals surface area (Å²) in [7, 11) is -3.90. The lowest BCUT2D eigenvalue weighted by atomic mass is 10.1. The van der Waals surface area contributed by atoms with E-state index >= 15 is 0 Å². The molecule has 110 valence electrons. The van der Waals surface area contributed by atoms with E-state index in [4.69, 9.17) is 4.52 Å². The molecule has 0 aliphatic heterocycles. The van der Waals surface area contributed by atoms with Gasteiger partial charge in [-0.15, -0.1) is 0 Å². The fourth-order valence-electron chi connectivity index (χ4n) is 1.71. The molecule has 1 atom stereocenters. The first-order valence-electron chi connectivity index (χ1n) is 6.42. The Kier molecular flexibility index (Phi) is 5.14. The number of hydrogen-bond acceptors (Lipinski definition) is 3. The molecule has 0 aliphatic carbocycles. The monoisotopic (exact) mass is 305 g/mol. The van der Waals surface area contributed by atoms with Crippen LogP contribution in [0.4, 0.5) is 0 Å². The van der Waals surface area contributed by atoms with Gasteiger partial charge in [0.1, 0.15) is 12.0 Å². The molecule has 0 radical (unpaired) electrons. The molecule has 0 aromatic heterocycles. The summed E-state index contributed by atoms with van der Waals surface area (Å²) < 4.78 is 16.9. The zero-order chi connectivity index (χ0) is 15.1. The molecule has 0 saturated carbocycles. The zero-order valence-corrected chi connectivity index (χ0v) is 12.2. The van der Waals surface area contributed by atoms with Crippen LogP contribution in [-0.2, 0) is 15.8 Å². The zero-order valence-electron chi connectivity index (χ0n) is 11.3. The van der Waals surface area contributed by atoms with E-state index in [-0.39, 0.29) is 12.3 Å². The summed E-state index contributed by atoms with van der Waals surface area (Å²) >= 11 is 0. The molecule has 2 aromatic carbocycles. The Morgan fingerprint density at radius 2 is 1.62 bits per heavy atom. The maximum Gasteiger partial charge on any atom is 0.395 e. The molecule has 2 N–H and O–H groups in total. The Morgan fingerprint density at radius 3 is 2.24 bits per heavy atom. The van der Waals surface area contributed by atoms with Gasteiger partial charge in [-0.1, -0.05) is 48.5 Å². The highest BCUT2D eigenvalue weighted by atomic mass is 31.2. The molecule has 2 aromatic rings. The molecule has 1 unspecified atom stereocenters. The number of hydrogen-bond donors (Lipinski definition) is 2. The smallest absolute Gasteiger partial charge is 0.395 e. The molecule has 0 aliphatic rings. The van der Waals surface area contributed by atoms with Crippen molar-refractivity contribution in [2.24, 2.45) is 0 Å². The molecule has 2 rings (SSSR count). The first kappa shape index (κ1) is 15.3. The molecular formula is C15H16NO4P. The number of carbonyl (C=O) groups is 1. The van der Waals surface area contributed by atoms with Gasteiger partial charge in [0.15, 0.2) is 0 Å². The molecular weight excluding hydrogens is 289 g/mol. The van der Waals surface area contributed by atoms with Crippen molar-refractivity contribution >= 4 is 13.5 Å². The molecule has 0 heterocycles. The van der Waals surface area contributed by atoms with E-state index in [1.165, 1.54) is 0 Å². The average Bonchev–Trinajstić information content (AvgIpc) is 2.47. The van der Waals surface area contributed by atoms with Crippen molar-refractivity contribution in [3.8, 4) is 5.75 Å².